The summed E-state index contributed by atoms with van der Waals surface area (Å²) in [6.45, 7) is 5.00. The van der Waals surface area contributed by atoms with Crippen LogP contribution >= 0.6 is 0 Å². The molecule has 1 saturated heterocycles. The van der Waals surface area contributed by atoms with Gasteiger partial charge < -0.3 is 4.74 Å². The number of hydrogen-bond donors (Lipinski definition) is 0. The van der Waals surface area contributed by atoms with Gasteiger partial charge in [0.1, 0.15) is 5.75 Å². The summed E-state index contributed by atoms with van der Waals surface area (Å²) in [5, 5.41) is 0. The number of benzene rings is 1. The lowest BCUT2D eigenvalue weighted by Crippen LogP contribution is -2.47. The zero-order chi connectivity index (χ0) is 13.5. The highest BCUT2D eigenvalue weighted by Crippen LogP contribution is 2.38. The van der Waals surface area contributed by atoms with Gasteiger partial charge in [-0.15, -0.1) is 0 Å². The Morgan fingerprint density at radius 2 is 1.75 bits per heavy atom. The van der Waals surface area contributed by atoms with Gasteiger partial charge in [-0.1, -0.05) is 6.07 Å². The first-order chi connectivity index (χ1) is 9.85. The first kappa shape index (κ1) is 12.7. The van der Waals surface area contributed by atoms with Gasteiger partial charge in [-0.2, -0.15) is 0 Å². The minimum Gasteiger partial charge on any atom is -0.497 e. The molecule has 1 saturated carbocycles. The Kier molecular flexibility index (Phi) is 3.20. The van der Waals surface area contributed by atoms with Crippen LogP contribution in [-0.4, -0.2) is 49.1 Å². The topological polar surface area (TPSA) is 15.7 Å². The van der Waals surface area contributed by atoms with Crippen LogP contribution in [-0.2, 0) is 6.42 Å². The smallest absolute Gasteiger partial charge is 0.119 e. The van der Waals surface area contributed by atoms with E-state index < -0.39 is 0 Å². The van der Waals surface area contributed by atoms with Gasteiger partial charge in [0.05, 0.1) is 7.11 Å². The lowest BCUT2D eigenvalue weighted by molar-refractivity contribution is 0.0914. The lowest BCUT2D eigenvalue weighted by atomic mass is 10.1. The molecule has 4 rings (SSSR count). The molecule has 2 fully saturated rings. The summed E-state index contributed by atoms with van der Waals surface area (Å²) in [5.74, 6) is 1.01. The Morgan fingerprint density at radius 1 is 1.00 bits per heavy atom. The number of piperazine rings is 1. The summed E-state index contributed by atoms with van der Waals surface area (Å²) in [6, 6.07) is 8.18. The molecule has 3 aliphatic rings. The highest BCUT2D eigenvalue weighted by molar-refractivity contribution is 5.40. The van der Waals surface area contributed by atoms with Gasteiger partial charge in [0.25, 0.3) is 0 Å². The zero-order valence-electron chi connectivity index (χ0n) is 12.3. The Hall–Kier alpha value is -1.06. The van der Waals surface area contributed by atoms with Crippen molar-refractivity contribution in [3.05, 3.63) is 29.3 Å². The zero-order valence-corrected chi connectivity index (χ0v) is 12.3. The number of ether oxygens (including phenoxy) is 1. The van der Waals surface area contributed by atoms with Crippen molar-refractivity contribution in [1.29, 1.82) is 0 Å². The minimum absolute atomic E-state index is 0.626. The molecule has 0 amide bonds. The number of fused-ring (bicyclic) bond motifs is 1. The molecule has 1 unspecified atom stereocenters. The van der Waals surface area contributed by atoms with Crippen molar-refractivity contribution >= 4 is 0 Å². The molecule has 0 N–H and O–H groups in total. The van der Waals surface area contributed by atoms with Gasteiger partial charge in [-0.25, -0.2) is 0 Å². The molecule has 1 aliphatic heterocycles. The van der Waals surface area contributed by atoms with Gasteiger partial charge in [0.15, 0.2) is 0 Å². The summed E-state index contributed by atoms with van der Waals surface area (Å²) in [6.07, 6.45) is 5.38. The summed E-state index contributed by atoms with van der Waals surface area (Å²) < 4.78 is 5.41. The summed E-state index contributed by atoms with van der Waals surface area (Å²) in [7, 11) is 1.76. The van der Waals surface area contributed by atoms with Crippen molar-refractivity contribution in [2.75, 3.05) is 33.3 Å². The summed E-state index contributed by atoms with van der Waals surface area (Å²) in [5.41, 5.74) is 3.05. The Bertz CT molecular complexity index is 490. The second kappa shape index (κ2) is 5.05. The predicted octanol–water partition coefficient (Wildman–Crippen LogP) is 2.46. The van der Waals surface area contributed by atoms with Crippen molar-refractivity contribution in [2.45, 2.75) is 37.8 Å². The Balaban J connectivity index is 1.48. The fraction of sp³-hybridized carbons (Fsp3) is 0.647. The van der Waals surface area contributed by atoms with Crippen LogP contribution in [0.3, 0.4) is 0 Å². The molecule has 2 aliphatic carbocycles. The van der Waals surface area contributed by atoms with E-state index in [9.17, 15) is 0 Å². The van der Waals surface area contributed by atoms with E-state index in [1.807, 2.05) is 0 Å². The second-order valence-corrected chi connectivity index (χ2v) is 6.42. The molecule has 1 heterocycles. The van der Waals surface area contributed by atoms with Crippen molar-refractivity contribution in [3.8, 4) is 5.75 Å². The fourth-order valence-electron chi connectivity index (χ4n) is 3.92. The number of methoxy groups -OCH3 is 1. The quantitative estimate of drug-likeness (QED) is 0.840. The SMILES string of the molecule is COc1ccc2c(c1)C(N1CCN(C3CC3)CC1)CC2. The molecule has 0 radical (unpaired) electrons. The minimum atomic E-state index is 0.626. The van der Waals surface area contributed by atoms with Crippen LogP contribution in [0.1, 0.15) is 36.4 Å². The normalized spacial score (nSPS) is 27.6. The molecule has 0 spiro atoms. The van der Waals surface area contributed by atoms with E-state index in [1.165, 1.54) is 63.0 Å². The highest BCUT2D eigenvalue weighted by atomic mass is 16.5. The maximum atomic E-state index is 5.41. The van der Waals surface area contributed by atoms with Crippen LogP contribution < -0.4 is 4.74 Å². The van der Waals surface area contributed by atoms with Gasteiger partial charge in [0.2, 0.25) is 0 Å². The van der Waals surface area contributed by atoms with E-state index in [2.05, 4.69) is 28.0 Å². The fourth-order valence-corrected chi connectivity index (χ4v) is 3.92. The van der Waals surface area contributed by atoms with E-state index in [-0.39, 0.29) is 0 Å². The van der Waals surface area contributed by atoms with E-state index in [4.69, 9.17) is 4.74 Å². The molecule has 0 aromatic heterocycles. The van der Waals surface area contributed by atoms with Crippen LogP contribution in [0.2, 0.25) is 0 Å². The second-order valence-electron chi connectivity index (χ2n) is 6.42. The van der Waals surface area contributed by atoms with E-state index in [1.54, 1.807) is 7.11 Å². The van der Waals surface area contributed by atoms with Crippen molar-refractivity contribution in [3.63, 3.8) is 0 Å². The summed E-state index contributed by atoms with van der Waals surface area (Å²) in [4.78, 5) is 5.39. The monoisotopic (exact) mass is 272 g/mol. The van der Waals surface area contributed by atoms with E-state index in [0.717, 1.165) is 11.8 Å². The third-order valence-electron chi connectivity index (χ3n) is 5.25. The van der Waals surface area contributed by atoms with Crippen LogP contribution in [0.25, 0.3) is 0 Å². The molecule has 1 aromatic rings. The maximum absolute atomic E-state index is 5.41. The third-order valence-corrected chi connectivity index (χ3v) is 5.25. The average molecular weight is 272 g/mol. The van der Waals surface area contributed by atoms with Crippen LogP contribution in [0.4, 0.5) is 0 Å². The number of hydrogen-bond acceptors (Lipinski definition) is 3. The van der Waals surface area contributed by atoms with Gasteiger partial charge in [-0.05, 0) is 48.9 Å². The molecule has 3 heteroatoms. The van der Waals surface area contributed by atoms with E-state index in [0.29, 0.717) is 6.04 Å². The number of aryl methyl sites for hydroxylation is 1. The maximum Gasteiger partial charge on any atom is 0.119 e. The first-order valence-electron chi connectivity index (χ1n) is 8.00. The lowest BCUT2D eigenvalue weighted by Gasteiger charge is -2.38. The summed E-state index contributed by atoms with van der Waals surface area (Å²) >= 11 is 0. The molecule has 1 atom stereocenters. The van der Waals surface area contributed by atoms with Crippen molar-refractivity contribution < 1.29 is 4.74 Å². The van der Waals surface area contributed by atoms with Crippen LogP contribution in [0, 0.1) is 0 Å². The standard InChI is InChI=1S/C17H24N2O/c1-20-15-6-2-13-3-7-17(16(13)12-15)19-10-8-18(9-11-19)14-4-5-14/h2,6,12,14,17H,3-5,7-11H2,1H3. The first-order valence-corrected chi connectivity index (χ1v) is 8.00. The highest BCUT2D eigenvalue weighted by Gasteiger charge is 2.35. The predicted molar refractivity (Wildman–Crippen MR) is 80.2 cm³/mol. The number of rotatable bonds is 3. The van der Waals surface area contributed by atoms with E-state index >= 15 is 0 Å². The molecular formula is C17H24N2O. The van der Waals surface area contributed by atoms with Gasteiger partial charge in [0, 0.05) is 38.3 Å². The number of nitrogens with zero attached hydrogens (tertiary/aromatic N) is 2. The largest absolute Gasteiger partial charge is 0.497 e. The van der Waals surface area contributed by atoms with Gasteiger partial charge >= 0.3 is 0 Å². The Labute approximate surface area is 121 Å². The molecular weight excluding hydrogens is 248 g/mol. The molecule has 3 nitrogen and oxygen atoms in total. The molecule has 1 aromatic carbocycles. The van der Waals surface area contributed by atoms with Gasteiger partial charge in [-0.3, -0.25) is 9.80 Å². The third kappa shape index (κ3) is 2.23. The van der Waals surface area contributed by atoms with Crippen molar-refractivity contribution in [1.82, 2.24) is 9.80 Å². The Morgan fingerprint density at radius 3 is 2.45 bits per heavy atom. The van der Waals surface area contributed by atoms with Crippen LogP contribution in [0.15, 0.2) is 18.2 Å². The van der Waals surface area contributed by atoms with Crippen molar-refractivity contribution in [2.24, 2.45) is 0 Å². The molecule has 20 heavy (non-hydrogen) atoms. The molecule has 0 bridgehead atoms. The average Bonchev–Trinajstić information content (AvgIpc) is 3.27. The van der Waals surface area contributed by atoms with Crippen LogP contribution in [0.5, 0.6) is 5.75 Å². The molecule has 108 valence electrons.